The maximum absolute atomic E-state index is 13.1. The van der Waals surface area contributed by atoms with Gasteiger partial charge in [-0.05, 0) is 39.2 Å². The SMILES string of the molecule is CC(CN(C)C)Oc1ccc(F)cc1/C(N)=N/O. The molecule has 0 radical (unpaired) electrons. The lowest BCUT2D eigenvalue weighted by atomic mass is 10.1. The van der Waals surface area contributed by atoms with Gasteiger partial charge >= 0.3 is 0 Å². The Balaban J connectivity index is 2.94. The predicted octanol–water partition coefficient (Wildman–Crippen LogP) is 1.25. The number of halogens is 1. The van der Waals surface area contributed by atoms with E-state index in [0.29, 0.717) is 12.3 Å². The maximum atomic E-state index is 13.1. The fraction of sp³-hybridized carbons (Fsp3) is 0.417. The van der Waals surface area contributed by atoms with Gasteiger partial charge in [0.05, 0.1) is 5.56 Å². The summed E-state index contributed by atoms with van der Waals surface area (Å²) in [4.78, 5) is 1.97. The van der Waals surface area contributed by atoms with E-state index in [-0.39, 0.29) is 17.5 Å². The van der Waals surface area contributed by atoms with Crippen LogP contribution in [0.5, 0.6) is 5.75 Å². The molecule has 1 rings (SSSR count). The molecule has 0 aliphatic rings. The molecule has 0 heterocycles. The van der Waals surface area contributed by atoms with E-state index < -0.39 is 5.82 Å². The van der Waals surface area contributed by atoms with Crippen molar-refractivity contribution in [2.75, 3.05) is 20.6 Å². The maximum Gasteiger partial charge on any atom is 0.173 e. The van der Waals surface area contributed by atoms with Gasteiger partial charge in [-0.25, -0.2) is 4.39 Å². The zero-order valence-electron chi connectivity index (χ0n) is 10.7. The van der Waals surface area contributed by atoms with Crippen molar-refractivity contribution in [3.63, 3.8) is 0 Å². The largest absolute Gasteiger partial charge is 0.489 e. The van der Waals surface area contributed by atoms with E-state index in [9.17, 15) is 4.39 Å². The molecule has 0 saturated carbocycles. The number of amidine groups is 1. The molecule has 1 aromatic carbocycles. The van der Waals surface area contributed by atoms with Crippen LogP contribution in [-0.4, -0.2) is 42.7 Å². The first-order valence-corrected chi connectivity index (χ1v) is 5.53. The van der Waals surface area contributed by atoms with Crippen molar-refractivity contribution in [1.82, 2.24) is 4.90 Å². The molecular formula is C12H18FN3O2. The minimum Gasteiger partial charge on any atom is -0.489 e. The molecule has 1 atom stereocenters. The lowest BCUT2D eigenvalue weighted by Gasteiger charge is -2.20. The van der Waals surface area contributed by atoms with Crippen molar-refractivity contribution < 1.29 is 14.3 Å². The number of ether oxygens (including phenoxy) is 1. The molecule has 3 N–H and O–H groups in total. The first-order chi connectivity index (χ1) is 8.43. The van der Waals surface area contributed by atoms with E-state index in [4.69, 9.17) is 15.7 Å². The van der Waals surface area contributed by atoms with Crippen molar-refractivity contribution in [3.8, 4) is 5.75 Å². The summed E-state index contributed by atoms with van der Waals surface area (Å²) in [5.74, 6) is -0.258. The third kappa shape index (κ3) is 3.89. The van der Waals surface area contributed by atoms with Crippen molar-refractivity contribution in [2.45, 2.75) is 13.0 Å². The summed E-state index contributed by atoms with van der Waals surface area (Å²) in [7, 11) is 3.85. The van der Waals surface area contributed by atoms with Crippen LogP contribution in [0.1, 0.15) is 12.5 Å². The van der Waals surface area contributed by atoms with Gasteiger partial charge in [-0.15, -0.1) is 0 Å². The second-order valence-corrected chi connectivity index (χ2v) is 4.32. The summed E-state index contributed by atoms with van der Waals surface area (Å²) in [6.45, 7) is 2.59. The molecular weight excluding hydrogens is 237 g/mol. The van der Waals surface area contributed by atoms with Crippen LogP contribution < -0.4 is 10.5 Å². The number of hydrogen-bond acceptors (Lipinski definition) is 4. The highest BCUT2D eigenvalue weighted by atomic mass is 19.1. The van der Waals surface area contributed by atoms with Crippen LogP contribution in [0.25, 0.3) is 0 Å². The molecule has 5 nitrogen and oxygen atoms in total. The van der Waals surface area contributed by atoms with Crippen molar-refractivity contribution in [3.05, 3.63) is 29.6 Å². The third-order valence-corrected chi connectivity index (χ3v) is 2.28. The summed E-state index contributed by atoms with van der Waals surface area (Å²) in [5.41, 5.74) is 5.72. The summed E-state index contributed by atoms with van der Waals surface area (Å²) in [6.07, 6.45) is -0.101. The number of oxime groups is 1. The Bertz CT molecular complexity index is 435. The van der Waals surface area contributed by atoms with Crippen LogP contribution in [0.4, 0.5) is 4.39 Å². The standard InChI is InChI=1S/C12H18FN3O2/c1-8(7-16(2)3)18-11-5-4-9(13)6-10(11)12(14)15-17/h4-6,8,17H,7H2,1-3H3,(H2,14,15). The minimum absolute atomic E-state index is 0.101. The lowest BCUT2D eigenvalue weighted by Crippen LogP contribution is -2.29. The van der Waals surface area contributed by atoms with E-state index in [1.54, 1.807) is 0 Å². The molecule has 0 aromatic heterocycles. The highest BCUT2D eigenvalue weighted by Crippen LogP contribution is 2.21. The zero-order chi connectivity index (χ0) is 13.7. The molecule has 0 saturated heterocycles. The van der Waals surface area contributed by atoms with E-state index in [2.05, 4.69) is 5.16 Å². The average Bonchev–Trinajstić information content (AvgIpc) is 2.29. The number of nitrogens with two attached hydrogens (primary N) is 1. The van der Waals surface area contributed by atoms with Gasteiger partial charge in [0, 0.05) is 6.54 Å². The summed E-state index contributed by atoms with van der Waals surface area (Å²) >= 11 is 0. The number of likely N-dealkylation sites (N-methyl/N-ethyl adjacent to an activating group) is 1. The van der Waals surface area contributed by atoms with Crippen LogP contribution in [0.15, 0.2) is 23.4 Å². The Morgan fingerprint density at radius 2 is 2.22 bits per heavy atom. The molecule has 0 bridgehead atoms. The summed E-state index contributed by atoms with van der Waals surface area (Å²) < 4.78 is 18.8. The Labute approximate surface area is 106 Å². The highest BCUT2D eigenvalue weighted by Gasteiger charge is 2.13. The van der Waals surface area contributed by atoms with Crippen LogP contribution in [0.2, 0.25) is 0 Å². The van der Waals surface area contributed by atoms with Gasteiger partial charge in [0.15, 0.2) is 5.84 Å². The van der Waals surface area contributed by atoms with E-state index >= 15 is 0 Å². The Morgan fingerprint density at radius 3 is 2.78 bits per heavy atom. The smallest absolute Gasteiger partial charge is 0.173 e. The van der Waals surface area contributed by atoms with Gasteiger partial charge in [-0.3, -0.25) is 0 Å². The Kier molecular flexibility index (Phi) is 4.91. The third-order valence-electron chi connectivity index (χ3n) is 2.28. The molecule has 1 unspecified atom stereocenters. The minimum atomic E-state index is -0.468. The van der Waals surface area contributed by atoms with Crippen LogP contribution >= 0.6 is 0 Å². The van der Waals surface area contributed by atoms with Crippen molar-refractivity contribution in [2.24, 2.45) is 10.9 Å². The average molecular weight is 255 g/mol. The Hall–Kier alpha value is -1.82. The molecule has 6 heteroatoms. The predicted molar refractivity (Wildman–Crippen MR) is 67.6 cm³/mol. The highest BCUT2D eigenvalue weighted by molar-refractivity contribution is 5.99. The Morgan fingerprint density at radius 1 is 1.56 bits per heavy atom. The molecule has 0 amide bonds. The molecule has 100 valence electrons. The number of rotatable bonds is 5. The lowest BCUT2D eigenvalue weighted by molar-refractivity contribution is 0.176. The first kappa shape index (κ1) is 14.2. The first-order valence-electron chi connectivity index (χ1n) is 5.53. The van der Waals surface area contributed by atoms with Gasteiger partial charge in [0.1, 0.15) is 17.7 Å². The number of hydrogen-bond donors (Lipinski definition) is 2. The van der Waals surface area contributed by atoms with Gasteiger partial charge in [-0.2, -0.15) is 0 Å². The zero-order valence-corrected chi connectivity index (χ0v) is 10.7. The normalized spacial score (nSPS) is 13.7. The van der Waals surface area contributed by atoms with E-state index in [1.807, 2.05) is 25.9 Å². The van der Waals surface area contributed by atoms with Gasteiger partial charge in [0.25, 0.3) is 0 Å². The molecule has 0 spiro atoms. The number of benzene rings is 1. The topological polar surface area (TPSA) is 71.1 Å². The fourth-order valence-electron chi connectivity index (χ4n) is 1.63. The molecule has 0 aliphatic carbocycles. The second kappa shape index (κ2) is 6.20. The molecule has 0 fully saturated rings. The van der Waals surface area contributed by atoms with Crippen LogP contribution in [0.3, 0.4) is 0 Å². The van der Waals surface area contributed by atoms with Gasteiger partial charge in [0.2, 0.25) is 0 Å². The van der Waals surface area contributed by atoms with Crippen LogP contribution in [-0.2, 0) is 0 Å². The van der Waals surface area contributed by atoms with Crippen LogP contribution in [0, 0.1) is 5.82 Å². The van der Waals surface area contributed by atoms with Gasteiger partial charge in [-0.1, -0.05) is 5.16 Å². The number of nitrogens with zero attached hydrogens (tertiary/aromatic N) is 2. The fourth-order valence-corrected chi connectivity index (χ4v) is 1.63. The molecule has 18 heavy (non-hydrogen) atoms. The van der Waals surface area contributed by atoms with Crippen molar-refractivity contribution in [1.29, 1.82) is 0 Å². The van der Waals surface area contributed by atoms with E-state index in [0.717, 1.165) is 0 Å². The molecule has 1 aromatic rings. The van der Waals surface area contributed by atoms with E-state index in [1.165, 1.54) is 18.2 Å². The van der Waals surface area contributed by atoms with Gasteiger partial charge < -0.3 is 20.6 Å². The second-order valence-electron chi connectivity index (χ2n) is 4.32. The summed E-state index contributed by atoms with van der Waals surface area (Å²) in [5, 5.41) is 11.5. The summed E-state index contributed by atoms with van der Waals surface area (Å²) in [6, 6.07) is 3.91. The molecule has 0 aliphatic heterocycles. The quantitative estimate of drug-likeness (QED) is 0.359. The monoisotopic (exact) mass is 255 g/mol. The van der Waals surface area contributed by atoms with Crippen molar-refractivity contribution >= 4 is 5.84 Å².